The average Bonchev–Trinajstić information content (AvgIpc) is 3.13. The number of pyridine rings is 2. The van der Waals surface area contributed by atoms with Crippen LogP contribution in [0.15, 0.2) is 117 Å². The zero-order valence-corrected chi connectivity index (χ0v) is 34.1. The molecule has 0 saturated carbocycles. The van der Waals surface area contributed by atoms with Gasteiger partial charge in [-0.1, -0.05) is 24.3 Å². The average molecular weight is 866 g/mol. The van der Waals surface area contributed by atoms with E-state index in [0.29, 0.717) is 34.2 Å². The molecule has 0 aliphatic carbocycles. The summed E-state index contributed by atoms with van der Waals surface area (Å²) in [6, 6.07) is 28.1. The number of hydrogen-bond donors (Lipinski definition) is 0. The zero-order valence-electron chi connectivity index (χ0n) is 28.9. The predicted molar refractivity (Wildman–Crippen MR) is 208 cm³/mol. The third kappa shape index (κ3) is 13.6. The summed E-state index contributed by atoms with van der Waals surface area (Å²) in [6.45, 7) is 11.3. The van der Waals surface area contributed by atoms with Crippen molar-refractivity contribution in [3.05, 3.63) is 143 Å². The molecule has 52 heavy (non-hydrogen) atoms. The van der Waals surface area contributed by atoms with E-state index in [-0.39, 0.29) is 37.9 Å². The van der Waals surface area contributed by atoms with Gasteiger partial charge in [-0.3, -0.25) is 20.0 Å². The molecule has 0 atom stereocenters. The van der Waals surface area contributed by atoms with Crippen LogP contribution in [0.25, 0.3) is 0 Å². The molecule has 274 valence electrons. The van der Waals surface area contributed by atoms with Crippen molar-refractivity contribution in [3.63, 3.8) is 0 Å². The monoisotopic (exact) mass is 864 g/mol. The molecule has 0 aliphatic heterocycles. The van der Waals surface area contributed by atoms with Crippen LogP contribution in [0.3, 0.4) is 0 Å². The van der Waals surface area contributed by atoms with Crippen molar-refractivity contribution in [2.45, 2.75) is 41.5 Å². The SMILES string of the molecule is CC(=Nc1ccc(N=C(C)c2cccc(C(C)=Nc3cc(F)ccc3C)n2)cc1)c1cccc(C(C)=Nc2cc(F)ccc2C)n1.[Cl][Fe][Cl].[Cl][Fe][Cl]. The van der Waals surface area contributed by atoms with Gasteiger partial charge >= 0.3 is 66.7 Å². The molecule has 5 aromatic rings. The molecule has 0 amide bonds. The minimum atomic E-state index is -0.325. The van der Waals surface area contributed by atoms with Crippen molar-refractivity contribution in [1.29, 1.82) is 0 Å². The van der Waals surface area contributed by atoms with Gasteiger partial charge in [-0.25, -0.2) is 18.7 Å². The Morgan fingerprint density at radius 2 is 0.769 bits per heavy atom. The quantitative estimate of drug-likeness (QED) is 0.115. The molecule has 0 unspecified atom stereocenters. The summed E-state index contributed by atoms with van der Waals surface area (Å²) in [4.78, 5) is 28.2. The molecule has 0 saturated heterocycles. The summed E-state index contributed by atoms with van der Waals surface area (Å²) in [6.07, 6.45) is 0. The molecule has 0 radical (unpaired) electrons. The van der Waals surface area contributed by atoms with Gasteiger partial charge in [-0.2, -0.15) is 0 Å². The van der Waals surface area contributed by atoms with Gasteiger partial charge in [-0.15, -0.1) is 0 Å². The van der Waals surface area contributed by atoms with Gasteiger partial charge in [0.15, 0.2) is 0 Å². The normalized spacial score (nSPS) is 12.2. The molecule has 0 aliphatic rings. The molecule has 2 aromatic heterocycles. The van der Waals surface area contributed by atoms with Crippen molar-refractivity contribution in [2.75, 3.05) is 0 Å². The summed E-state index contributed by atoms with van der Waals surface area (Å²) in [5.41, 5.74) is 10.2. The third-order valence-corrected chi connectivity index (χ3v) is 7.34. The van der Waals surface area contributed by atoms with Gasteiger partial charge in [0.05, 0.1) is 68.4 Å². The van der Waals surface area contributed by atoms with E-state index in [1.807, 2.05) is 102 Å². The number of aryl methyl sites for hydroxylation is 2. The first-order valence-corrected chi connectivity index (χ1v) is 21.5. The van der Waals surface area contributed by atoms with Gasteiger partial charge < -0.3 is 0 Å². The number of hydrogen-bond acceptors (Lipinski definition) is 6. The summed E-state index contributed by atoms with van der Waals surface area (Å²) in [5.74, 6) is -0.650. The van der Waals surface area contributed by atoms with Crippen molar-refractivity contribution in [1.82, 2.24) is 9.97 Å². The maximum atomic E-state index is 13.7. The van der Waals surface area contributed by atoms with Crippen LogP contribution in [-0.4, -0.2) is 32.8 Å². The number of aromatic nitrogens is 2. The molecule has 0 spiro atoms. The second-order valence-corrected chi connectivity index (χ2v) is 14.7. The van der Waals surface area contributed by atoms with E-state index in [1.54, 1.807) is 12.1 Å². The molecule has 0 bridgehead atoms. The molecule has 6 nitrogen and oxygen atoms in total. The topological polar surface area (TPSA) is 75.2 Å². The van der Waals surface area contributed by atoms with E-state index in [1.165, 1.54) is 24.3 Å². The summed E-state index contributed by atoms with van der Waals surface area (Å²) >= 11 is 0.389. The Labute approximate surface area is 332 Å². The van der Waals surface area contributed by atoms with E-state index in [9.17, 15) is 8.78 Å². The molecule has 2 heterocycles. The van der Waals surface area contributed by atoms with E-state index in [4.69, 9.17) is 60.3 Å². The van der Waals surface area contributed by atoms with Gasteiger partial charge in [0, 0.05) is 0 Å². The Bertz CT molecular complexity index is 1940. The summed E-state index contributed by atoms with van der Waals surface area (Å²) in [7, 11) is 19.1. The fourth-order valence-electron chi connectivity index (χ4n) is 4.66. The van der Waals surface area contributed by atoms with Crippen LogP contribution in [0.1, 0.15) is 61.6 Å². The first-order valence-electron chi connectivity index (χ1n) is 15.4. The number of nitrogens with zero attached hydrogens (tertiary/aromatic N) is 6. The summed E-state index contributed by atoms with van der Waals surface area (Å²) in [5, 5.41) is 0. The number of benzene rings is 3. The van der Waals surface area contributed by atoms with E-state index >= 15 is 0 Å². The van der Waals surface area contributed by atoms with Crippen molar-refractivity contribution in [2.24, 2.45) is 20.0 Å². The minimum absolute atomic E-state index is 0.194. The van der Waals surface area contributed by atoms with Gasteiger partial charge in [-0.05, 0) is 125 Å². The van der Waals surface area contributed by atoms with Crippen LogP contribution in [0, 0.1) is 25.5 Å². The molecule has 0 N–H and O–H groups in total. The van der Waals surface area contributed by atoms with Crippen molar-refractivity contribution < 1.29 is 35.0 Å². The molecule has 14 heteroatoms. The van der Waals surface area contributed by atoms with Crippen molar-refractivity contribution >= 4 is 86.0 Å². The Morgan fingerprint density at radius 1 is 0.481 bits per heavy atom. The van der Waals surface area contributed by atoms with E-state index < -0.39 is 0 Å². The predicted octanol–water partition coefficient (Wildman–Crippen LogP) is 12.7. The van der Waals surface area contributed by atoms with E-state index in [2.05, 4.69) is 9.98 Å². The second-order valence-electron chi connectivity index (χ2n) is 11.1. The van der Waals surface area contributed by atoms with E-state index in [0.717, 1.165) is 45.3 Å². The number of aliphatic imine (C=N–C) groups is 4. The first-order chi connectivity index (χ1) is 24.9. The van der Waals surface area contributed by atoms with Crippen LogP contribution in [-0.2, 0) is 26.3 Å². The van der Waals surface area contributed by atoms with Gasteiger partial charge in [0.25, 0.3) is 0 Å². The van der Waals surface area contributed by atoms with Crippen LogP contribution in [0.2, 0.25) is 0 Å². The fraction of sp³-hybridized carbons (Fsp3) is 0.158. The maximum absolute atomic E-state index is 13.7. The second kappa shape index (κ2) is 22.0. The zero-order chi connectivity index (χ0) is 38.2. The van der Waals surface area contributed by atoms with Crippen LogP contribution in [0.5, 0.6) is 0 Å². The number of rotatable bonds is 8. The fourth-order valence-corrected chi connectivity index (χ4v) is 4.66. The third-order valence-electron chi connectivity index (χ3n) is 7.34. The van der Waals surface area contributed by atoms with Crippen LogP contribution in [0.4, 0.5) is 31.5 Å². The van der Waals surface area contributed by atoms with Crippen LogP contribution >= 0.6 is 40.4 Å². The molecule has 0 fully saturated rings. The Kier molecular flexibility index (Phi) is 18.3. The molecular formula is C38H34Cl4F2Fe2N6. The summed E-state index contributed by atoms with van der Waals surface area (Å²) < 4.78 is 27.5. The molecule has 5 rings (SSSR count). The Balaban J connectivity index is 0.00000114. The van der Waals surface area contributed by atoms with Crippen LogP contribution < -0.4 is 0 Å². The Morgan fingerprint density at radius 3 is 1.08 bits per heavy atom. The molecule has 3 aromatic carbocycles. The van der Waals surface area contributed by atoms with Crippen molar-refractivity contribution in [3.8, 4) is 0 Å². The first kappa shape index (κ1) is 43.1. The Hall–Kier alpha value is -3.30. The number of halogens is 6. The standard InChI is InChI=1S/C38H34F2N6.4ClH.2Fe/c1-23-13-15-29(39)21-37(23)43-27(5)35-11-7-9-33(45-35)25(3)41-31-17-19-32(20-18-31)42-26(4)34-10-8-12-36(46-34)28(6)44-38-22-30(40)16-14-24(38)2;;;;;;/h7-22H,1-6H3;4*1H;;/q;;;;;2*+2/p-4. The van der Waals surface area contributed by atoms with Gasteiger partial charge in [0.1, 0.15) is 11.6 Å². The van der Waals surface area contributed by atoms with Gasteiger partial charge in [0.2, 0.25) is 0 Å². The molecular weight excluding hydrogens is 832 g/mol.